The molecule has 4 aromatic rings. The first kappa shape index (κ1) is 41.1. The van der Waals surface area contributed by atoms with Crippen LogP contribution < -0.4 is 22.5 Å². The number of phenolic OH excluding ortho intramolecular Hbond substituents is 1. The quantitative estimate of drug-likeness (QED) is 0.0625. The van der Waals surface area contributed by atoms with E-state index in [1.807, 2.05) is 47.4 Å². The zero-order chi connectivity index (χ0) is 39.3. The van der Waals surface area contributed by atoms with Gasteiger partial charge in [-0.1, -0.05) is 78.9 Å². The number of benzene rings is 4. The summed E-state index contributed by atoms with van der Waals surface area (Å²) in [4.78, 5) is 42.6. The van der Waals surface area contributed by atoms with Crippen LogP contribution in [0.15, 0.2) is 102 Å². The van der Waals surface area contributed by atoms with Gasteiger partial charge < -0.3 is 42.4 Å². The molecule has 0 unspecified atom stereocenters. The molecule has 0 aliphatic carbocycles. The number of carbonyl (C=O) groups is 3. The van der Waals surface area contributed by atoms with E-state index in [1.54, 1.807) is 24.3 Å². The number of amides is 2. The Morgan fingerprint density at radius 2 is 1.50 bits per heavy atom. The summed E-state index contributed by atoms with van der Waals surface area (Å²) >= 11 is 0. The van der Waals surface area contributed by atoms with Crippen LogP contribution in [0, 0.1) is 0 Å². The maximum atomic E-state index is 14.3. The van der Waals surface area contributed by atoms with Crippen molar-refractivity contribution in [2.24, 2.45) is 22.2 Å². The Bertz CT molecular complexity index is 1870. The van der Waals surface area contributed by atoms with Crippen molar-refractivity contribution in [3.05, 3.63) is 114 Å². The van der Waals surface area contributed by atoms with Crippen LogP contribution in [0.2, 0.25) is 0 Å². The first-order chi connectivity index (χ1) is 25.7. The Hall–Kier alpha value is -5.67. The molecule has 54 heavy (non-hydrogen) atoms. The molecule has 1 aliphatic rings. The monoisotopic (exact) mass is 750 g/mol. The average molecular weight is 751 g/mol. The number of carboxylic acids is 1. The topological polar surface area (TPSA) is 207 Å². The molecule has 12 nitrogen and oxygen atoms in total. The molecule has 4 aromatic carbocycles. The second-order valence-electron chi connectivity index (χ2n) is 13.0. The number of nitrogens with zero attached hydrogens (tertiary/aromatic N) is 2. The first-order valence-electron chi connectivity index (χ1n) is 17.3. The number of hydrogen-bond donors (Lipinski definition) is 6. The molecule has 1 saturated heterocycles. The molecular weight excluding hydrogens is 705 g/mol. The molecule has 15 heteroatoms. The Morgan fingerprint density at radius 1 is 0.889 bits per heavy atom. The summed E-state index contributed by atoms with van der Waals surface area (Å²) in [5.74, 6) is -3.18. The highest BCUT2D eigenvalue weighted by Crippen LogP contribution is 2.27. The van der Waals surface area contributed by atoms with Crippen LogP contribution in [0.25, 0.3) is 10.8 Å². The van der Waals surface area contributed by atoms with Gasteiger partial charge in [-0.25, -0.2) is 4.79 Å². The predicted molar refractivity (Wildman–Crippen MR) is 198 cm³/mol. The first-order valence-corrected chi connectivity index (χ1v) is 17.3. The number of aliphatic carboxylic acids is 1. The fraction of sp³-hybridized carbons (Fsp3) is 0.333. The molecule has 1 heterocycles. The van der Waals surface area contributed by atoms with Crippen molar-refractivity contribution < 1.29 is 42.5 Å². The molecule has 5 rings (SSSR count). The number of guanidine groups is 1. The highest BCUT2D eigenvalue weighted by molar-refractivity contribution is 5.90. The lowest BCUT2D eigenvalue weighted by Crippen LogP contribution is -2.55. The van der Waals surface area contributed by atoms with E-state index < -0.39 is 30.1 Å². The van der Waals surface area contributed by atoms with Gasteiger partial charge in [0.1, 0.15) is 11.8 Å². The van der Waals surface area contributed by atoms with Crippen LogP contribution in [0.1, 0.15) is 36.0 Å². The van der Waals surface area contributed by atoms with E-state index in [9.17, 15) is 27.9 Å². The van der Waals surface area contributed by atoms with Crippen molar-refractivity contribution in [3.8, 4) is 5.75 Å². The number of fused-ring (bicyclic) bond motifs is 1. The summed E-state index contributed by atoms with van der Waals surface area (Å²) < 4.78 is 38.1. The zero-order valence-corrected chi connectivity index (χ0v) is 29.5. The van der Waals surface area contributed by atoms with Gasteiger partial charge in [-0.3, -0.25) is 14.6 Å². The summed E-state index contributed by atoms with van der Waals surface area (Å²) in [5, 5.41) is 22.0. The molecule has 1 fully saturated rings. The van der Waals surface area contributed by atoms with Crippen LogP contribution in [0.3, 0.4) is 0 Å². The molecule has 1 aliphatic heterocycles. The van der Waals surface area contributed by atoms with Gasteiger partial charge in [0, 0.05) is 25.6 Å². The SMILES string of the molecule is NC(N)=NCCC[C@H]1C[C@@H](OCc2ccc3ccccc3c2)CN1C(=O)[C@@H](Cc1ccccc1)NC(=O)[C@H](N)Cc1ccc(O)cc1.O=C(O)C(F)(F)F. The van der Waals surface area contributed by atoms with Crippen LogP contribution in [0.4, 0.5) is 13.2 Å². The maximum Gasteiger partial charge on any atom is 0.490 e. The van der Waals surface area contributed by atoms with Gasteiger partial charge >= 0.3 is 12.1 Å². The molecule has 9 N–H and O–H groups in total. The van der Waals surface area contributed by atoms with E-state index >= 15 is 0 Å². The summed E-state index contributed by atoms with van der Waals surface area (Å²) in [6.07, 6.45) is -2.64. The third kappa shape index (κ3) is 12.8. The number of carbonyl (C=O) groups excluding carboxylic acids is 2. The van der Waals surface area contributed by atoms with Crippen molar-refractivity contribution in [3.63, 3.8) is 0 Å². The standard InChI is InChI=1S/C37H44N6O4.C2HF3O2/c38-33(20-26-13-16-31(44)17-14-26)35(45)42-34(21-25-7-2-1-3-8-25)36(46)43-23-32(22-30(43)11-6-18-41-37(39)40)47-24-27-12-15-28-9-4-5-10-29(28)19-27;3-2(4,5)1(6)7/h1-5,7-10,12-17,19,30,32-34,44H,6,11,18,20-24,38H2,(H,42,45)(H4,39,40,41);(H,6,7)/t30-,32+,33+,34+;/m0./s1. The number of nitrogens with one attached hydrogen (secondary N) is 1. The third-order valence-corrected chi connectivity index (χ3v) is 8.82. The number of likely N-dealkylation sites (tertiary alicyclic amines) is 1. The average Bonchev–Trinajstić information content (AvgIpc) is 3.55. The van der Waals surface area contributed by atoms with E-state index in [1.165, 1.54) is 5.39 Å². The molecule has 0 spiro atoms. The van der Waals surface area contributed by atoms with E-state index in [-0.39, 0.29) is 36.2 Å². The van der Waals surface area contributed by atoms with E-state index in [0.29, 0.717) is 45.4 Å². The van der Waals surface area contributed by atoms with Gasteiger partial charge in [-0.05, 0) is 71.3 Å². The fourth-order valence-electron chi connectivity index (χ4n) is 6.12. The number of halogens is 3. The lowest BCUT2D eigenvalue weighted by atomic mass is 10.0. The fourth-order valence-corrected chi connectivity index (χ4v) is 6.12. The third-order valence-electron chi connectivity index (χ3n) is 8.82. The molecule has 2 amide bonds. The van der Waals surface area contributed by atoms with E-state index in [2.05, 4.69) is 40.6 Å². The number of ether oxygens (including phenoxy) is 1. The van der Waals surface area contributed by atoms with Crippen LogP contribution in [0.5, 0.6) is 5.75 Å². The minimum Gasteiger partial charge on any atom is -0.508 e. The normalized spacial score (nSPS) is 16.5. The van der Waals surface area contributed by atoms with Gasteiger partial charge in [-0.15, -0.1) is 0 Å². The smallest absolute Gasteiger partial charge is 0.490 e. The lowest BCUT2D eigenvalue weighted by molar-refractivity contribution is -0.192. The van der Waals surface area contributed by atoms with Crippen LogP contribution in [-0.4, -0.2) is 82.4 Å². The second kappa shape index (κ2) is 19.4. The minimum atomic E-state index is -5.08. The molecule has 0 radical (unpaired) electrons. The Kier molecular flexibility index (Phi) is 14.8. The molecule has 4 atom stereocenters. The van der Waals surface area contributed by atoms with Crippen LogP contribution >= 0.6 is 0 Å². The summed E-state index contributed by atoms with van der Waals surface area (Å²) in [7, 11) is 0. The minimum absolute atomic E-state index is 0.0372. The number of aromatic hydroxyl groups is 1. The summed E-state index contributed by atoms with van der Waals surface area (Å²) in [5.41, 5.74) is 20.2. The molecular formula is C39H45F3N6O6. The number of aliphatic imine (C=N–C) groups is 1. The number of phenols is 1. The molecule has 0 bridgehead atoms. The van der Waals surface area contributed by atoms with E-state index in [0.717, 1.165) is 22.1 Å². The zero-order valence-electron chi connectivity index (χ0n) is 29.5. The number of rotatable bonds is 14. The van der Waals surface area contributed by atoms with Gasteiger partial charge in [-0.2, -0.15) is 13.2 Å². The van der Waals surface area contributed by atoms with Crippen LogP contribution in [-0.2, 0) is 38.6 Å². The maximum absolute atomic E-state index is 14.3. The van der Waals surface area contributed by atoms with Crippen molar-refractivity contribution in [1.82, 2.24) is 10.2 Å². The highest BCUT2D eigenvalue weighted by Gasteiger charge is 2.39. The Morgan fingerprint density at radius 3 is 2.15 bits per heavy atom. The highest BCUT2D eigenvalue weighted by atomic mass is 19.4. The van der Waals surface area contributed by atoms with Gasteiger partial charge in [0.15, 0.2) is 5.96 Å². The van der Waals surface area contributed by atoms with Crippen molar-refractivity contribution in [1.29, 1.82) is 0 Å². The van der Waals surface area contributed by atoms with Gasteiger partial charge in [0.25, 0.3) is 0 Å². The molecule has 288 valence electrons. The number of carboxylic acid groups (broad SMARTS) is 1. The van der Waals surface area contributed by atoms with Crippen molar-refractivity contribution in [2.45, 2.75) is 69.1 Å². The molecule has 0 saturated carbocycles. The van der Waals surface area contributed by atoms with E-state index in [4.69, 9.17) is 31.8 Å². The van der Waals surface area contributed by atoms with Crippen molar-refractivity contribution >= 4 is 34.5 Å². The number of nitrogens with two attached hydrogens (primary N) is 3. The summed E-state index contributed by atoms with van der Waals surface area (Å²) in [6, 6.07) is 28.9. The predicted octanol–water partition coefficient (Wildman–Crippen LogP) is 4.02. The number of alkyl halides is 3. The molecule has 0 aromatic heterocycles. The van der Waals surface area contributed by atoms with Gasteiger partial charge in [0.2, 0.25) is 11.8 Å². The van der Waals surface area contributed by atoms with Gasteiger partial charge in [0.05, 0.1) is 18.8 Å². The summed E-state index contributed by atoms with van der Waals surface area (Å²) in [6.45, 7) is 1.29. The largest absolute Gasteiger partial charge is 0.508 e. The second-order valence-corrected chi connectivity index (χ2v) is 13.0. The van der Waals surface area contributed by atoms with Crippen molar-refractivity contribution in [2.75, 3.05) is 13.1 Å². The lowest BCUT2D eigenvalue weighted by Gasteiger charge is -2.30. The Labute approximate surface area is 310 Å². The number of hydrogen-bond acceptors (Lipinski definition) is 7. The Balaban J connectivity index is 0.000000845.